The molecule has 8 nitrogen and oxygen atoms in total. The largest absolute Gasteiger partial charge is 0.446 e. The van der Waals surface area contributed by atoms with Crippen LogP contribution in [0.5, 0.6) is 11.5 Å². The number of benzene rings is 2. The zero-order chi connectivity index (χ0) is 22.0. The van der Waals surface area contributed by atoms with Gasteiger partial charge in [0.2, 0.25) is 18.0 Å². The second-order valence-corrected chi connectivity index (χ2v) is 7.05. The van der Waals surface area contributed by atoms with E-state index in [-0.39, 0.29) is 22.4 Å². The van der Waals surface area contributed by atoms with Crippen molar-refractivity contribution in [2.24, 2.45) is 5.10 Å². The van der Waals surface area contributed by atoms with Crippen LogP contribution in [0.25, 0.3) is 0 Å². The second kappa shape index (κ2) is 8.73. The van der Waals surface area contributed by atoms with Gasteiger partial charge in [0.05, 0.1) is 10.0 Å². The number of hydrazone groups is 1. The third kappa shape index (κ3) is 4.72. The van der Waals surface area contributed by atoms with Crippen molar-refractivity contribution in [3.63, 3.8) is 0 Å². The summed E-state index contributed by atoms with van der Waals surface area (Å²) in [6.45, 7) is 3.79. The van der Waals surface area contributed by atoms with Gasteiger partial charge in [0.1, 0.15) is 11.5 Å². The minimum Gasteiger partial charge on any atom is -0.446 e. The van der Waals surface area contributed by atoms with E-state index in [2.05, 4.69) is 5.10 Å². The Balaban J connectivity index is 2.03. The summed E-state index contributed by atoms with van der Waals surface area (Å²) in [5.41, 5.74) is 0.756. The number of carbonyl (C=O) groups is 3. The van der Waals surface area contributed by atoms with Crippen molar-refractivity contribution in [3.8, 4) is 11.5 Å². The maximum atomic E-state index is 12.2. The lowest BCUT2D eigenvalue weighted by Crippen LogP contribution is -2.25. The summed E-state index contributed by atoms with van der Waals surface area (Å²) >= 11 is 12.4. The molecule has 1 aliphatic heterocycles. The number of esters is 2. The lowest BCUT2D eigenvalue weighted by Gasteiger charge is -2.20. The van der Waals surface area contributed by atoms with E-state index in [1.807, 2.05) is 0 Å². The SMILES string of the molecule is CC(=O)Oc1cc(OC(C)=O)cc(C2=NN(C(C)=O)[C@@H](c3cccc(Cl)c3Cl)O2)c1. The predicted molar refractivity (Wildman–Crippen MR) is 108 cm³/mol. The van der Waals surface area contributed by atoms with Crippen molar-refractivity contribution < 1.29 is 28.6 Å². The lowest BCUT2D eigenvalue weighted by atomic mass is 10.2. The van der Waals surface area contributed by atoms with Crippen molar-refractivity contribution in [2.45, 2.75) is 27.0 Å². The molecule has 1 amide bonds. The molecule has 0 aromatic heterocycles. The average molecular weight is 451 g/mol. The number of amides is 1. The molecule has 30 heavy (non-hydrogen) atoms. The molecule has 1 aliphatic rings. The molecule has 3 rings (SSSR count). The average Bonchev–Trinajstić information content (AvgIpc) is 3.08. The molecule has 0 unspecified atom stereocenters. The summed E-state index contributed by atoms with van der Waals surface area (Å²) in [5, 5.41) is 5.85. The molecule has 156 valence electrons. The number of carbonyl (C=O) groups excluding carboxylic acids is 3. The van der Waals surface area contributed by atoms with Crippen molar-refractivity contribution in [1.82, 2.24) is 5.01 Å². The van der Waals surface area contributed by atoms with Crippen molar-refractivity contribution in [1.29, 1.82) is 0 Å². The van der Waals surface area contributed by atoms with Gasteiger partial charge in [-0.15, -0.1) is 5.10 Å². The molecule has 2 aromatic rings. The molecular formula is C20H16Cl2N2O6. The first-order valence-electron chi connectivity index (χ1n) is 8.67. The summed E-state index contributed by atoms with van der Waals surface area (Å²) in [6.07, 6.45) is -0.960. The number of hydrogen-bond donors (Lipinski definition) is 0. The van der Waals surface area contributed by atoms with E-state index in [0.29, 0.717) is 16.1 Å². The topological polar surface area (TPSA) is 94.5 Å². The van der Waals surface area contributed by atoms with Crippen LogP contribution in [0.1, 0.15) is 38.1 Å². The standard InChI is InChI=1S/C20H16Cl2N2O6/c1-10(25)24-20(16-5-4-6-17(21)18(16)22)30-19(23-24)13-7-14(28-11(2)26)9-15(8-13)29-12(3)27/h4-9,20H,1-3H3/t20-/m1/s1. The maximum Gasteiger partial charge on any atom is 0.308 e. The van der Waals surface area contributed by atoms with Gasteiger partial charge >= 0.3 is 11.9 Å². The van der Waals surface area contributed by atoms with Crippen molar-refractivity contribution >= 4 is 46.9 Å². The van der Waals surface area contributed by atoms with Crippen LogP contribution in [0.4, 0.5) is 0 Å². The van der Waals surface area contributed by atoms with Crippen LogP contribution in [-0.2, 0) is 19.1 Å². The van der Waals surface area contributed by atoms with Gasteiger partial charge in [0, 0.05) is 38.0 Å². The molecule has 0 spiro atoms. The highest BCUT2D eigenvalue weighted by Crippen LogP contribution is 2.38. The third-order valence-electron chi connectivity index (χ3n) is 3.86. The van der Waals surface area contributed by atoms with E-state index in [4.69, 9.17) is 37.4 Å². The minimum atomic E-state index is -0.960. The number of hydrogen-bond acceptors (Lipinski definition) is 7. The quantitative estimate of drug-likeness (QED) is 0.514. The molecule has 0 fully saturated rings. The molecule has 1 heterocycles. The Labute approximate surface area is 181 Å². The van der Waals surface area contributed by atoms with Crippen molar-refractivity contribution in [3.05, 3.63) is 57.6 Å². The highest BCUT2D eigenvalue weighted by Gasteiger charge is 2.35. The Kier molecular flexibility index (Phi) is 6.28. The Bertz CT molecular complexity index is 1040. The monoisotopic (exact) mass is 450 g/mol. The summed E-state index contributed by atoms with van der Waals surface area (Å²) in [6, 6.07) is 9.24. The van der Waals surface area contributed by atoms with E-state index in [9.17, 15) is 14.4 Å². The Morgan fingerprint density at radius 2 is 1.60 bits per heavy atom. The van der Waals surface area contributed by atoms with Gasteiger partial charge in [-0.3, -0.25) is 14.4 Å². The fourth-order valence-electron chi connectivity index (χ4n) is 2.74. The van der Waals surface area contributed by atoms with Crippen LogP contribution in [-0.4, -0.2) is 28.8 Å². The first-order valence-corrected chi connectivity index (χ1v) is 9.42. The van der Waals surface area contributed by atoms with Gasteiger partial charge in [-0.1, -0.05) is 35.3 Å². The first kappa shape index (κ1) is 21.6. The second-order valence-electron chi connectivity index (χ2n) is 6.26. The van der Waals surface area contributed by atoms with Gasteiger partial charge in [-0.25, -0.2) is 0 Å². The molecule has 1 atom stereocenters. The number of nitrogens with zero attached hydrogens (tertiary/aromatic N) is 2. The smallest absolute Gasteiger partial charge is 0.308 e. The molecule has 0 bridgehead atoms. The molecular weight excluding hydrogens is 435 g/mol. The molecule has 0 radical (unpaired) electrons. The summed E-state index contributed by atoms with van der Waals surface area (Å²) in [7, 11) is 0. The van der Waals surface area contributed by atoms with Crippen LogP contribution in [0.15, 0.2) is 41.5 Å². The molecule has 10 heteroatoms. The number of rotatable bonds is 4. The van der Waals surface area contributed by atoms with Crippen LogP contribution in [0, 0.1) is 0 Å². The Morgan fingerprint density at radius 1 is 1.00 bits per heavy atom. The van der Waals surface area contributed by atoms with E-state index >= 15 is 0 Å². The molecule has 0 saturated heterocycles. The molecule has 2 aromatic carbocycles. The highest BCUT2D eigenvalue weighted by molar-refractivity contribution is 6.42. The van der Waals surface area contributed by atoms with E-state index < -0.39 is 24.1 Å². The van der Waals surface area contributed by atoms with Gasteiger partial charge < -0.3 is 14.2 Å². The van der Waals surface area contributed by atoms with Crippen LogP contribution in [0.2, 0.25) is 10.0 Å². The first-order chi connectivity index (χ1) is 14.2. The molecule has 0 saturated carbocycles. The van der Waals surface area contributed by atoms with E-state index in [0.717, 1.165) is 5.01 Å². The van der Waals surface area contributed by atoms with Crippen LogP contribution >= 0.6 is 23.2 Å². The van der Waals surface area contributed by atoms with Gasteiger partial charge in [-0.05, 0) is 18.2 Å². The fourth-order valence-corrected chi connectivity index (χ4v) is 3.14. The summed E-state index contributed by atoms with van der Waals surface area (Å²) in [4.78, 5) is 34.9. The lowest BCUT2D eigenvalue weighted by molar-refractivity contribution is -0.135. The molecule has 0 aliphatic carbocycles. The Hall–Kier alpha value is -3.10. The predicted octanol–water partition coefficient (Wildman–Crippen LogP) is 4.08. The van der Waals surface area contributed by atoms with Crippen LogP contribution < -0.4 is 9.47 Å². The van der Waals surface area contributed by atoms with Crippen molar-refractivity contribution in [2.75, 3.05) is 0 Å². The van der Waals surface area contributed by atoms with E-state index in [1.165, 1.54) is 39.0 Å². The van der Waals surface area contributed by atoms with Gasteiger partial charge in [0.25, 0.3) is 0 Å². The maximum absolute atomic E-state index is 12.2. The zero-order valence-corrected chi connectivity index (χ0v) is 17.7. The normalized spacial score (nSPS) is 15.3. The summed E-state index contributed by atoms with van der Waals surface area (Å²) in [5.74, 6) is -1.27. The fraction of sp³-hybridized carbons (Fsp3) is 0.200. The van der Waals surface area contributed by atoms with Crippen LogP contribution in [0.3, 0.4) is 0 Å². The third-order valence-corrected chi connectivity index (χ3v) is 4.70. The minimum absolute atomic E-state index is 0.0358. The number of ether oxygens (including phenoxy) is 3. The number of halogens is 2. The van der Waals surface area contributed by atoms with E-state index in [1.54, 1.807) is 18.2 Å². The summed E-state index contributed by atoms with van der Waals surface area (Å²) < 4.78 is 16.1. The highest BCUT2D eigenvalue weighted by atomic mass is 35.5. The Morgan fingerprint density at radius 3 is 2.13 bits per heavy atom. The zero-order valence-electron chi connectivity index (χ0n) is 16.1. The van der Waals surface area contributed by atoms with Gasteiger partial charge in [-0.2, -0.15) is 5.01 Å². The van der Waals surface area contributed by atoms with Gasteiger partial charge in [0.15, 0.2) is 0 Å². The molecule has 0 N–H and O–H groups in total.